The summed E-state index contributed by atoms with van der Waals surface area (Å²) in [6.07, 6.45) is 3.90. The molecule has 0 aliphatic carbocycles. The van der Waals surface area contributed by atoms with Crippen LogP contribution in [0, 0.1) is 0 Å². The Morgan fingerprint density at radius 3 is 2.88 bits per heavy atom. The minimum Gasteiger partial charge on any atom is -0.285 e. The van der Waals surface area contributed by atoms with Crippen molar-refractivity contribution < 1.29 is 0 Å². The van der Waals surface area contributed by atoms with Crippen LogP contribution in [-0.2, 0) is 0 Å². The quantitative estimate of drug-likeness (QED) is 0.482. The minimum atomic E-state index is 0.829. The molecule has 1 heteroatoms. The molecule has 0 aromatic heterocycles. The van der Waals surface area contributed by atoms with E-state index in [1.807, 2.05) is 19.1 Å². The molecule has 0 N–H and O–H groups in total. The summed E-state index contributed by atoms with van der Waals surface area (Å²) in [4.78, 5) is 4.14. The Hall–Kier alpha value is -0.850. The van der Waals surface area contributed by atoms with Gasteiger partial charge in [0.05, 0.1) is 6.54 Å². The second-order valence-corrected chi connectivity index (χ2v) is 1.88. The van der Waals surface area contributed by atoms with Crippen molar-refractivity contribution in [3.63, 3.8) is 0 Å². The standard InChI is InChI=1S/C7H9N/c1-3-7-4-6(2)8-5-7/h3-4H,1,5H2,2H3. The molecule has 0 saturated heterocycles. The molecular weight excluding hydrogens is 98.1 g/mol. The molecule has 0 spiro atoms. The van der Waals surface area contributed by atoms with E-state index in [-0.39, 0.29) is 0 Å². The van der Waals surface area contributed by atoms with Crippen LogP contribution < -0.4 is 0 Å². The van der Waals surface area contributed by atoms with Crippen molar-refractivity contribution in [3.05, 3.63) is 24.3 Å². The lowest BCUT2D eigenvalue weighted by Crippen LogP contribution is -1.74. The smallest absolute Gasteiger partial charge is 0.0643 e. The molecule has 0 aromatic rings. The molecule has 0 unspecified atom stereocenters. The zero-order chi connectivity index (χ0) is 5.98. The van der Waals surface area contributed by atoms with Gasteiger partial charge >= 0.3 is 0 Å². The van der Waals surface area contributed by atoms with Crippen LogP contribution in [0.25, 0.3) is 0 Å². The lowest BCUT2D eigenvalue weighted by Gasteiger charge is -1.81. The van der Waals surface area contributed by atoms with E-state index in [2.05, 4.69) is 11.6 Å². The van der Waals surface area contributed by atoms with Gasteiger partial charge in [0.2, 0.25) is 0 Å². The molecule has 1 aliphatic rings. The zero-order valence-corrected chi connectivity index (χ0v) is 5.02. The normalized spacial score (nSPS) is 17.6. The van der Waals surface area contributed by atoms with Crippen LogP contribution in [0.4, 0.5) is 0 Å². The second-order valence-electron chi connectivity index (χ2n) is 1.88. The number of allylic oxidation sites excluding steroid dienone is 1. The van der Waals surface area contributed by atoms with E-state index in [1.54, 1.807) is 0 Å². The Balaban J connectivity index is 2.69. The molecule has 0 radical (unpaired) electrons. The van der Waals surface area contributed by atoms with Gasteiger partial charge in [-0.1, -0.05) is 12.7 Å². The highest BCUT2D eigenvalue weighted by molar-refractivity contribution is 5.95. The Morgan fingerprint density at radius 2 is 2.62 bits per heavy atom. The molecular formula is C7H9N. The highest BCUT2D eigenvalue weighted by Crippen LogP contribution is 2.04. The Kier molecular flexibility index (Phi) is 1.29. The topological polar surface area (TPSA) is 12.4 Å². The lowest BCUT2D eigenvalue weighted by molar-refractivity contribution is 1.22. The molecule has 1 rings (SSSR count). The van der Waals surface area contributed by atoms with Gasteiger partial charge in [-0.25, -0.2) is 0 Å². The third kappa shape index (κ3) is 0.861. The summed E-state index contributed by atoms with van der Waals surface area (Å²) < 4.78 is 0. The largest absolute Gasteiger partial charge is 0.285 e. The summed E-state index contributed by atoms with van der Waals surface area (Å²) in [5.41, 5.74) is 2.34. The number of nitrogens with zero attached hydrogens (tertiary/aromatic N) is 1. The Bertz CT molecular complexity index is 163. The average Bonchev–Trinajstić information content (AvgIpc) is 2.14. The average molecular weight is 107 g/mol. The predicted molar refractivity (Wildman–Crippen MR) is 36.3 cm³/mol. The summed E-state index contributed by atoms with van der Waals surface area (Å²) in [5.74, 6) is 0. The third-order valence-corrected chi connectivity index (χ3v) is 1.17. The molecule has 0 fully saturated rings. The highest BCUT2D eigenvalue weighted by atomic mass is 14.7. The van der Waals surface area contributed by atoms with Crippen LogP contribution in [0.3, 0.4) is 0 Å². The molecule has 8 heavy (non-hydrogen) atoms. The highest BCUT2D eigenvalue weighted by Gasteiger charge is 1.97. The van der Waals surface area contributed by atoms with Crippen LogP contribution in [0.2, 0.25) is 0 Å². The molecule has 1 heterocycles. The molecule has 42 valence electrons. The maximum atomic E-state index is 4.14. The zero-order valence-electron chi connectivity index (χ0n) is 5.02. The monoisotopic (exact) mass is 107 g/mol. The van der Waals surface area contributed by atoms with Crippen LogP contribution in [0.1, 0.15) is 6.92 Å². The second kappa shape index (κ2) is 1.95. The van der Waals surface area contributed by atoms with Crippen molar-refractivity contribution in [2.24, 2.45) is 4.99 Å². The van der Waals surface area contributed by atoms with Crippen molar-refractivity contribution >= 4 is 5.71 Å². The van der Waals surface area contributed by atoms with Crippen molar-refractivity contribution in [2.45, 2.75) is 6.92 Å². The van der Waals surface area contributed by atoms with Gasteiger partial charge < -0.3 is 0 Å². The predicted octanol–water partition coefficient (Wildman–Crippen LogP) is 1.57. The van der Waals surface area contributed by atoms with Crippen LogP contribution in [0.5, 0.6) is 0 Å². The first kappa shape index (κ1) is 5.29. The Labute approximate surface area is 49.4 Å². The summed E-state index contributed by atoms with van der Waals surface area (Å²) in [5, 5.41) is 0. The fourth-order valence-electron chi connectivity index (χ4n) is 0.699. The number of aliphatic imine (C=N–C) groups is 1. The van der Waals surface area contributed by atoms with Crippen molar-refractivity contribution in [2.75, 3.05) is 6.54 Å². The van der Waals surface area contributed by atoms with Gasteiger partial charge in [0.25, 0.3) is 0 Å². The van der Waals surface area contributed by atoms with Crippen LogP contribution in [0.15, 0.2) is 29.3 Å². The SMILES string of the molecule is C=CC1=CC(C)=NC1. The molecule has 0 amide bonds. The third-order valence-electron chi connectivity index (χ3n) is 1.17. The number of rotatable bonds is 1. The summed E-state index contributed by atoms with van der Waals surface area (Å²) >= 11 is 0. The first-order valence-electron chi connectivity index (χ1n) is 2.67. The van der Waals surface area contributed by atoms with E-state index in [0.717, 1.165) is 12.3 Å². The molecule has 0 aromatic carbocycles. The van der Waals surface area contributed by atoms with Crippen molar-refractivity contribution in [1.82, 2.24) is 0 Å². The lowest BCUT2D eigenvalue weighted by atomic mass is 10.2. The van der Waals surface area contributed by atoms with Gasteiger partial charge in [-0.3, -0.25) is 4.99 Å². The van der Waals surface area contributed by atoms with Gasteiger partial charge in [0, 0.05) is 5.71 Å². The maximum Gasteiger partial charge on any atom is 0.0643 e. The van der Waals surface area contributed by atoms with Crippen LogP contribution >= 0.6 is 0 Å². The van der Waals surface area contributed by atoms with Gasteiger partial charge in [0.15, 0.2) is 0 Å². The van der Waals surface area contributed by atoms with E-state index >= 15 is 0 Å². The van der Waals surface area contributed by atoms with E-state index in [0.29, 0.717) is 0 Å². The first-order valence-corrected chi connectivity index (χ1v) is 2.67. The first-order chi connectivity index (χ1) is 3.83. The fraction of sp³-hybridized carbons (Fsp3) is 0.286. The van der Waals surface area contributed by atoms with E-state index in [9.17, 15) is 0 Å². The number of hydrogen-bond acceptors (Lipinski definition) is 1. The number of hydrogen-bond donors (Lipinski definition) is 0. The summed E-state index contributed by atoms with van der Waals surface area (Å²) in [6, 6.07) is 0. The molecule has 1 aliphatic heterocycles. The maximum absolute atomic E-state index is 4.14. The van der Waals surface area contributed by atoms with Crippen LogP contribution in [-0.4, -0.2) is 12.3 Å². The van der Waals surface area contributed by atoms with E-state index in [4.69, 9.17) is 0 Å². The van der Waals surface area contributed by atoms with Gasteiger partial charge in [-0.05, 0) is 18.6 Å². The summed E-state index contributed by atoms with van der Waals surface area (Å²) in [6.45, 7) is 6.46. The van der Waals surface area contributed by atoms with E-state index < -0.39 is 0 Å². The molecule has 0 bridgehead atoms. The molecule has 1 nitrogen and oxygen atoms in total. The minimum absolute atomic E-state index is 0.829. The van der Waals surface area contributed by atoms with Gasteiger partial charge in [-0.15, -0.1) is 0 Å². The van der Waals surface area contributed by atoms with Crippen molar-refractivity contribution in [3.8, 4) is 0 Å². The molecule has 0 saturated carbocycles. The molecule has 0 atom stereocenters. The van der Waals surface area contributed by atoms with Crippen molar-refractivity contribution in [1.29, 1.82) is 0 Å². The van der Waals surface area contributed by atoms with Gasteiger partial charge in [-0.2, -0.15) is 0 Å². The Morgan fingerprint density at radius 1 is 1.88 bits per heavy atom. The van der Waals surface area contributed by atoms with E-state index in [1.165, 1.54) is 5.57 Å². The fourth-order valence-corrected chi connectivity index (χ4v) is 0.699. The van der Waals surface area contributed by atoms with Gasteiger partial charge in [0.1, 0.15) is 0 Å². The summed E-state index contributed by atoms with van der Waals surface area (Å²) in [7, 11) is 0.